The van der Waals surface area contributed by atoms with Crippen molar-refractivity contribution in [3.8, 4) is 5.75 Å². The molecule has 10 heteroatoms. The van der Waals surface area contributed by atoms with E-state index < -0.39 is 23.3 Å². The van der Waals surface area contributed by atoms with E-state index in [4.69, 9.17) is 21.1 Å². The molecule has 3 rings (SSSR count). The van der Waals surface area contributed by atoms with Crippen LogP contribution in [0.5, 0.6) is 5.75 Å². The van der Waals surface area contributed by atoms with Crippen LogP contribution in [-0.4, -0.2) is 50.9 Å². The molecule has 0 aliphatic heterocycles. The average Bonchev–Trinajstić information content (AvgIpc) is 3.26. The van der Waals surface area contributed by atoms with E-state index in [-0.39, 0.29) is 13.2 Å². The van der Waals surface area contributed by atoms with Crippen molar-refractivity contribution in [3.63, 3.8) is 0 Å². The standard InChI is InChI=1S/C22H28ClN5O4/c1-12-7-8-16(13(2)9-12)31-10-17(29)24-15(4)20(30)32-11-22(5,6)21-26-25-19-18(23)14(3)27-28(19)21/h7-9,15,27H,10-11H2,1-6H3,(H,24,29). The monoisotopic (exact) mass is 461 g/mol. The number of hydrogen-bond acceptors (Lipinski definition) is 6. The highest BCUT2D eigenvalue weighted by Gasteiger charge is 2.31. The van der Waals surface area contributed by atoms with Crippen LogP contribution in [0.3, 0.4) is 0 Å². The van der Waals surface area contributed by atoms with E-state index in [1.807, 2.05) is 52.8 Å². The second-order valence-corrected chi connectivity index (χ2v) is 8.95. The summed E-state index contributed by atoms with van der Waals surface area (Å²) in [6, 6.07) is 4.87. The Labute approximate surface area is 191 Å². The molecule has 2 aromatic heterocycles. The molecule has 32 heavy (non-hydrogen) atoms. The molecule has 0 aliphatic rings. The van der Waals surface area contributed by atoms with Gasteiger partial charge in [0.2, 0.25) is 0 Å². The van der Waals surface area contributed by atoms with Crippen molar-refractivity contribution in [2.45, 2.75) is 53.0 Å². The number of carbonyl (C=O) groups is 2. The Kier molecular flexibility index (Phi) is 6.78. The number of halogens is 1. The number of carbonyl (C=O) groups excluding carboxylic acids is 2. The van der Waals surface area contributed by atoms with E-state index in [0.29, 0.717) is 22.2 Å². The molecule has 1 aromatic carbocycles. The van der Waals surface area contributed by atoms with E-state index in [1.165, 1.54) is 0 Å². The molecule has 3 aromatic rings. The minimum Gasteiger partial charge on any atom is -0.484 e. The fourth-order valence-corrected chi connectivity index (χ4v) is 3.41. The minimum atomic E-state index is -0.832. The first-order valence-electron chi connectivity index (χ1n) is 10.3. The van der Waals surface area contributed by atoms with Gasteiger partial charge in [-0.3, -0.25) is 9.89 Å². The molecule has 0 aliphatic carbocycles. The number of nitrogens with one attached hydrogen (secondary N) is 2. The third kappa shape index (κ3) is 5.04. The highest BCUT2D eigenvalue weighted by molar-refractivity contribution is 6.34. The summed E-state index contributed by atoms with van der Waals surface area (Å²) in [5.41, 5.74) is 2.69. The first-order chi connectivity index (χ1) is 15.0. The molecule has 1 atom stereocenters. The summed E-state index contributed by atoms with van der Waals surface area (Å²) < 4.78 is 12.7. The van der Waals surface area contributed by atoms with Crippen LogP contribution in [0, 0.1) is 20.8 Å². The molecule has 0 saturated heterocycles. The number of aromatic amines is 1. The number of amides is 1. The summed E-state index contributed by atoms with van der Waals surface area (Å²) >= 11 is 6.21. The summed E-state index contributed by atoms with van der Waals surface area (Å²) in [4.78, 5) is 24.6. The predicted octanol–water partition coefficient (Wildman–Crippen LogP) is 3.04. The van der Waals surface area contributed by atoms with Gasteiger partial charge in [-0.05, 0) is 53.2 Å². The van der Waals surface area contributed by atoms with Crippen molar-refractivity contribution in [1.82, 2.24) is 25.1 Å². The van der Waals surface area contributed by atoms with Gasteiger partial charge in [0, 0.05) is 0 Å². The van der Waals surface area contributed by atoms with Gasteiger partial charge in [-0.15, -0.1) is 10.2 Å². The largest absolute Gasteiger partial charge is 0.484 e. The Morgan fingerprint density at radius 2 is 1.97 bits per heavy atom. The van der Waals surface area contributed by atoms with Crippen molar-refractivity contribution >= 4 is 29.1 Å². The minimum absolute atomic E-state index is 0.0432. The molecule has 0 bridgehead atoms. The van der Waals surface area contributed by atoms with Crippen LogP contribution < -0.4 is 10.1 Å². The molecular formula is C22H28ClN5O4. The topological polar surface area (TPSA) is 111 Å². The van der Waals surface area contributed by atoms with Gasteiger partial charge in [-0.1, -0.05) is 29.3 Å². The quantitative estimate of drug-likeness (QED) is 0.499. The summed E-state index contributed by atoms with van der Waals surface area (Å²) in [5, 5.41) is 14.5. The van der Waals surface area contributed by atoms with Crippen LogP contribution in [0.1, 0.15) is 43.4 Å². The lowest BCUT2D eigenvalue weighted by atomic mass is 9.94. The molecule has 0 spiro atoms. The van der Waals surface area contributed by atoms with Gasteiger partial charge in [0.1, 0.15) is 23.4 Å². The summed E-state index contributed by atoms with van der Waals surface area (Å²) in [7, 11) is 0. The molecule has 9 nitrogen and oxygen atoms in total. The van der Waals surface area contributed by atoms with Crippen LogP contribution >= 0.6 is 11.6 Å². The summed E-state index contributed by atoms with van der Waals surface area (Å²) in [5.74, 6) is 0.236. The van der Waals surface area contributed by atoms with E-state index in [9.17, 15) is 9.59 Å². The molecule has 2 heterocycles. The van der Waals surface area contributed by atoms with E-state index >= 15 is 0 Å². The number of aromatic nitrogens is 4. The van der Waals surface area contributed by atoms with Crippen LogP contribution in [0.2, 0.25) is 5.02 Å². The molecule has 0 radical (unpaired) electrons. The Balaban J connectivity index is 1.53. The Morgan fingerprint density at radius 1 is 1.25 bits per heavy atom. The van der Waals surface area contributed by atoms with Crippen LogP contribution in [-0.2, 0) is 19.7 Å². The fraction of sp³-hybridized carbons (Fsp3) is 0.455. The van der Waals surface area contributed by atoms with Gasteiger partial charge < -0.3 is 14.8 Å². The fourth-order valence-electron chi connectivity index (χ4n) is 3.24. The zero-order valence-corrected chi connectivity index (χ0v) is 19.8. The van der Waals surface area contributed by atoms with Crippen molar-refractivity contribution in [2.75, 3.05) is 13.2 Å². The second-order valence-electron chi connectivity index (χ2n) is 8.57. The Morgan fingerprint density at radius 3 is 2.66 bits per heavy atom. The first-order valence-corrected chi connectivity index (χ1v) is 10.6. The third-order valence-corrected chi connectivity index (χ3v) is 5.52. The zero-order valence-electron chi connectivity index (χ0n) is 19.1. The summed E-state index contributed by atoms with van der Waals surface area (Å²) in [6.45, 7) is 10.9. The number of nitrogens with zero attached hydrogens (tertiary/aromatic N) is 3. The normalized spacial score (nSPS) is 12.6. The maximum Gasteiger partial charge on any atom is 0.328 e. The number of esters is 1. The molecule has 1 amide bonds. The SMILES string of the molecule is Cc1ccc(OCC(=O)NC(C)C(=O)OCC(C)(C)c2nnc3c(Cl)c(C)[nH]n23)c(C)c1. The number of ether oxygens (including phenoxy) is 2. The molecule has 0 fully saturated rings. The highest BCUT2D eigenvalue weighted by Crippen LogP contribution is 2.27. The number of rotatable bonds is 8. The number of hydrogen-bond donors (Lipinski definition) is 2. The maximum absolute atomic E-state index is 12.4. The molecular weight excluding hydrogens is 434 g/mol. The summed E-state index contributed by atoms with van der Waals surface area (Å²) in [6.07, 6.45) is 0. The van der Waals surface area contributed by atoms with Gasteiger partial charge in [-0.25, -0.2) is 9.31 Å². The predicted molar refractivity (Wildman–Crippen MR) is 120 cm³/mol. The van der Waals surface area contributed by atoms with Crippen molar-refractivity contribution in [1.29, 1.82) is 0 Å². The van der Waals surface area contributed by atoms with Crippen molar-refractivity contribution in [3.05, 3.63) is 45.9 Å². The van der Waals surface area contributed by atoms with Gasteiger partial charge in [-0.2, -0.15) is 0 Å². The van der Waals surface area contributed by atoms with Gasteiger partial charge in [0.15, 0.2) is 18.1 Å². The maximum atomic E-state index is 12.4. The highest BCUT2D eigenvalue weighted by atomic mass is 35.5. The first kappa shape index (κ1) is 23.6. The molecule has 0 saturated carbocycles. The molecule has 1 unspecified atom stereocenters. The number of H-pyrrole nitrogens is 1. The van der Waals surface area contributed by atoms with Gasteiger partial charge in [0.05, 0.1) is 11.1 Å². The van der Waals surface area contributed by atoms with Crippen LogP contribution in [0.25, 0.3) is 5.65 Å². The lowest BCUT2D eigenvalue weighted by Crippen LogP contribution is -2.43. The average molecular weight is 462 g/mol. The van der Waals surface area contributed by atoms with Gasteiger partial charge in [0.25, 0.3) is 5.91 Å². The number of fused-ring (bicyclic) bond motifs is 1. The zero-order chi connectivity index (χ0) is 23.6. The lowest BCUT2D eigenvalue weighted by molar-refractivity contribution is -0.149. The number of aryl methyl sites for hydroxylation is 3. The van der Waals surface area contributed by atoms with E-state index in [1.54, 1.807) is 11.4 Å². The molecule has 2 N–H and O–H groups in total. The van der Waals surface area contributed by atoms with Gasteiger partial charge >= 0.3 is 5.97 Å². The van der Waals surface area contributed by atoms with E-state index in [0.717, 1.165) is 16.8 Å². The molecule has 172 valence electrons. The lowest BCUT2D eigenvalue weighted by Gasteiger charge is -2.23. The Bertz CT molecular complexity index is 1150. The Hall–Kier alpha value is -3.07. The number of benzene rings is 1. The van der Waals surface area contributed by atoms with Crippen LogP contribution in [0.4, 0.5) is 0 Å². The second kappa shape index (κ2) is 9.20. The third-order valence-electron chi connectivity index (χ3n) is 5.07. The van der Waals surface area contributed by atoms with E-state index in [2.05, 4.69) is 20.6 Å². The van der Waals surface area contributed by atoms with Crippen molar-refractivity contribution < 1.29 is 19.1 Å². The van der Waals surface area contributed by atoms with Crippen molar-refractivity contribution in [2.24, 2.45) is 0 Å². The smallest absolute Gasteiger partial charge is 0.328 e. The van der Waals surface area contributed by atoms with Crippen LogP contribution in [0.15, 0.2) is 18.2 Å².